The van der Waals surface area contributed by atoms with Gasteiger partial charge in [-0.2, -0.15) is 0 Å². The van der Waals surface area contributed by atoms with Crippen molar-refractivity contribution in [2.45, 2.75) is 26.0 Å². The molecule has 0 saturated heterocycles. The number of hydrogen-bond donors (Lipinski definition) is 0. The minimum Gasteiger partial charge on any atom is -0.459 e. The zero-order chi connectivity index (χ0) is 13.9. The third-order valence-corrected chi connectivity index (χ3v) is 3.19. The van der Waals surface area contributed by atoms with Gasteiger partial charge in [0.05, 0.1) is 0 Å². The average molecular weight is 279 g/mol. The molecule has 4 nitrogen and oxygen atoms in total. The molecule has 0 saturated carbocycles. The van der Waals surface area contributed by atoms with Crippen molar-refractivity contribution < 1.29 is 9.53 Å². The lowest BCUT2D eigenvalue weighted by molar-refractivity contribution is -0.154. The van der Waals surface area contributed by atoms with Gasteiger partial charge in [0.25, 0.3) is 0 Å². The molecule has 2 aromatic rings. The quantitative estimate of drug-likeness (QED) is 0.808. The molecule has 2 rings (SSSR count). The summed E-state index contributed by atoms with van der Waals surface area (Å²) < 4.78 is 6.91. The van der Waals surface area contributed by atoms with Crippen molar-refractivity contribution in [3.63, 3.8) is 0 Å². The Morgan fingerprint density at radius 2 is 2.05 bits per heavy atom. The van der Waals surface area contributed by atoms with Crippen LogP contribution in [0.5, 0.6) is 0 Å². The molecule has 0 fully saturated rings. The number of imidazole rings is 1. The lowest BCUT2D eigenvalue weighted by Gasteiger charge is -2.24. The van der Waals surface area contributed by atoms with Crippen molar-refractivity contribution in [1.82, 2.24) is 9.55 Å². The Morgan fingerprint density at radius 3 is 2.63 bits per heavy atom. The fourth-order valence-electron chi connectivity index (χ4n) is 1.70. The van der Waals surface area contributed by atoms with E-state index in [0.29, 0.717) is 0 Å². The monoisotopic (exact) mass is 278 g/mol. The maximum Gasteiger partial charge on any atom is 0.332 e. The average Bonchev–Trinajstić information content (AvgIpc) is 2.84. The molecule has 0 radical (unpaired) electrons. The highest BCUT2D eigenvalue weighted by Crippen LogP contribution is 2.22. The Labute approximate surface area is 117 Å². The van der Waals surface area contributed by atoms with Crippen LogP contribution < -0.4 is 0 Å². The van der Waals surface area contributed by atoms with E-state index in [-0.39, 0.29) is 17.9 Å². The Bertz CT molecular complexity index is 564. The predicted octanol–water partition coefficient (Wildman–Crippen LogP) is 3.02. The van der Waals surface area contributed by atoms with E-state index in [1.807, 2.05) is 30.3 Å². The molecule has 0 spiro atoms. The number of benzene rings is 1. The van der Waals surface area contributed by atoms with Gasteiger partial charge in [-0.05, 0) is 31.0 Å². The number of carbonyl (C=O) groups is 1. The summed E-state index contributed by atoms with van der Waals surface area (Å²) in [5, 5.41) is 0.265. The minimum atomic E-state index is -0.887. The number of rotatable bonds is 4. The molecule has 1 heterocycles. The van der Waals surface area contributed by atoms with Gasteiger partial charge in [0.15, 0.2) is 0 Å². The van der Waals surface area contributed by atoms with Crippen molar-refractivity contribution in [3.05, 3.63) is 53.6 Å². The maximum atomic E-state index is 12.2. The number of hydrogen-bond acceptors (Lipinski definition) is 3. The van der Waals surface area contributed by atoms with Crippen LogP contribution in [0.15, 0.2) is 42.7 Å². The number of ether oxygens (including phenoxy) is 1. The molecule has 5 heteroatoms. The first-order valence-electron chi connectivity index (χ1n) is 5.92. The minimum absolute atomic E-state index is 0.245. The summed E-state index contributed by atoms with van der Waals surface area (Å²) >= 11 is 5.93. The number of nitrogens with zero attached hydrogens (tertiary/aromatic N) is 2. The van der Waals surface area contributed by atoms with Gasteiger partial charge in [-0.3, -0.25) is 0 Å². The fourth-order valence-corrected chi connectivity index (χ4v) is 2.02. The van der Waals surface area contributed by atoms with Crippen molar-refractivity contribution in [3.8, 4) is 0 Å². The summed E-state index contributed by atoms with van der Waals surface area (Å²) in [7, 11) is 0. The molecular formula is C14H15ClN2O2. The van der Waals surface area contributed by atoms with Crippen LogP contribution >= 0.6 is 11.6 Å². The first-order valence-corrected chi connectivity index (χ1v) is 6.30. The highest BCUT2D eigenvalue weighted by atomic mass is 35.5. The zero-order valence-corrected chi connectivity index (χ0v) is 11.6. The largest absolute Gasteiger partial charge is 0.459 e. The number of halogens is 1. The third-order valence-electron chi connectivity index (χ3n) is 2.91. The lowest BCUT2D eigenvalue weighted by atomic mass is 10.1. The van der Waals surface area contributed by atoms with Gasteiger partial charge >= 0.3 is 5.97 Å². The van der Waals surface area contributed by atoms with E-state index in [1.54, 1.807) is 30.8 Å². The van der Waals surface area contributed by atoms with E-state index >= 15 is 0 Å². The van der Waals surface area contributed by atoms with Crippen LogP contribution in [0.4, 0.5) is 0 Å². The van der Waals surface area contributed by atoms with Crippen LogP contribution in [-0.2, 0) is 21.7 Å². The summed E-state index contributed by atoms with van der Waals surface area (Å²) in [6.45, 7) is 3.73. The van der Waals surface area contributed by atoms with Crippen LogP contribution in [0.3, 0.4) is 0 Å². The highest BCUT2D eigenvalue weighted by Gasteiger charge is 2.32. The zero-order valence-electron chi connectivity index (χ0n) is 10.8. The first kappa shape index (κ1) is 13.6. The third kappa shape index (κ3) is 2.96. The van der Waals surface area contributed by atoms with E-state index in [1.165, 1.54) is 0 Å². The van der Waals surface area contributed by atoms with Crippen LogP contribution in [0, 0.1) is 0 Å². The molecule has 100 valence electrons. The number of aromatic nitrogens is 2. The van der Waals surface area contributed by atoms with Crippen molar-refractivity contribution >= 4 is 17.6 Å². The Balaban J connectivity index is 2.06. The van der Waals surface area contributed by atoms with Gasteiger partial charge in [-0.1, -0.05) is 30.3 Å². The van der Waals surface area contributed by atoms with Crippen LogP contribution in [-0.4, -0.2) is 15.5 Å². The summed E-state index contributed by atoms with van der Waals surface area (Å²) in [6.07, 6.45) is 3.21. The molecule has 1 aromatic heterocycles. The molecule has 0 bridgehead atoms. The van der Waals surface area contributed by atoms with Gasteiger partial charge in [0.2, 0.25) is 5.28 Å². The second-order valence-electron chi connectivity index (χ2n) is 4.69. The van der Waals surface area contributed by atoms with Crippen molar-refractivity contribution in [1.29, 1.82) is 0 Å². The van der Waals surface area contributed by atoms with Crippen molar-refractivity contribution in [2.75, 3.05) is 0 Å². The normalized spacial score (nSPS) is 11.3. The molecule has 0 atom stereocenters. The van der Waals surface area contributed by atoms with E-state index in [0.717, 1.165) is 5.56 Å². The Morgan fingerprint density at radius 1 is 1.37 bits per heavy atom. The smallest absolute Gasteiger partial charge is 0.332 e. The Hall–Kier alpha value is -1.81. The molecule has 0 N–H and O–H groups in total. The highest BCUT2D eigenvalue weighted by molar-refractivity contribution is 6.28. The maximum absolute atomic E-state index is 12.2. The number of carbonyl (C=O) groups excluding carboxylic acids is 1. The topological polar surface area (TPSA) is 44.1 Å². The van der Waals surface area contributed by atoms with E-state index < -0.39 is 5.54 Å². The van der Waals surface area contributed by atoms with E-state index in [2.05, 4.69) is 4.98 Å². The molecule has 0 aliphatic heterocycles. The number of esters is 1. The van der Waals surface area contributed by atoms with Gasteiger partial charge in [-0.25, -0.2) is 9.78 Å². The SMILES string of the molecule is CC(C)(C(=O)OCc1ccccc1)n1ccnc1Cl. The van der Waals surface area contributed by atoms with Gasteiger partial charge in [-0.15, -0.1) is 0 Å². The standard InChI is InChI=1S/C14H15ClN2O2/c1-14(2,17-9-8-16-13(17)15)12(18)19-10-11-6-4-3-5-7-11/h3-9H,10H2,1-2H3. The second-order valence-corrected chi connectivity index (χ2v) is 5.03. The first-order chi connectivity index (χ1) is 9.01. The molecule has 0 aliphatic carbocycles. The molecule has 0 unspecified atom stereocenters. The fraction of sp³-hybridized carbons (Fsp3) is 0.286. The van der Waals surface area contributed by atoms with Crippen LogP contribution in [0.1, 0.15) is 19.4 Å². The van der Waals surface area contributed by atoms with Crippen LogP contribution in [0.2, 0.25) is 5.28 Å². The summed E-state index contributed by atoms with van der Waals surface area (Å²) in [5.41, 5.74) is 0.0610. The second kappa shape index (κ2) is 5.45. The van der Waals surface area contributed by atoms with Gasteiger partial charge < -0.3 is 9.30 Å². The Kier molecular flexibility index (Phi) is 3.90. The molecule has 0 aliphatic rings. The molecular weight excluding hydrogens is 264 g/mol. The molecule has 0 amide bonds. The predicted molar refractivity (Wildman–Crippen MR) is 72.8 cm³/mol. The molecule has 1 aromatic carbocycles. The van der Waals surface area contributed by atoms with E-state index in [9.17, 15) is 4.79 Å². The lowest BCUT2D eigenvalue weighted by Crippen LogP contribution is -2.37. The summed E-state index contributed by atoms with van der Waals surface area (Å²) in [6, 6.07) is 9.54. The van der Waals surface area contributed by atoms with Crippen LogP contribution in [0.25, 0.3) is 0 Å². The summed E-state index contributed by atoms with van der Waals surface area (Å²) in [4.78, 5) is 16.1. The summed E-state index contributed by atoms with van der Waals surface area (Å²) in [5.74, 6) is -0.351. The van der Waals surface area contributed by atoms with Gasteiger partial charge in [0.1, 0.15) is 12.1 Å². The van der Waals surface area contributed by atoms with Crippen molar-refractivity contribution in [2.24, 2.45) is 0 Å². The van der Waals surface area contributed by atoms with E-state index in [4.69, 9.17) is 16.3 Å². The van der Waals surface area contributed by atoms with Gasteiger partial charge in [0, 0.05) is 12.4 Å². The molecule has 19 heavy (non-hydrogen) atoms.